The molecule has 0 aliphatic heterocycles. The molecule has 7 nitrogen and oxygen atoms in total. The molecule has 1 heterocycles. The molecule has 0 fully saturated rings. The summed E-state index contributed by atoms with van der Waals surface area (Å²) in [5.74, 6) is -0.807. The summed E-state index contributed by atoms with van der Waals surface area (Å²) in [4.78, 5) is 23.3. The second-order valence-electron chi connectivity index (χ2n) is 3.86. The molecule has 0 aromatic carbocycles. The monoisotopic (exact) mass is 269 g/mol. The number of amides is 1. The van der Waals surface area contributed by atoms with Gasteiger partial charge in [0.15, 0.2) is 5.69 Å². The van der Waals surface area contributed by atoms with Crippen LogP contribution in [0, 0.1) is 0 Å². The van der Waals surface area contributed by atoms with Gasteiger partial charge in [0, 0.05) is 33.4 Å². The molecule has 0 radical (unpaired) electrons. The summed E-state index contributed by atoms with van der Waals surface area (Å²) >= 11 is 0. The van der Waals surface area contributed by atoms with Crippen LogP contribution >= 0.6 is 0 Å². The highest BCUT2D eigenvalue weighted by Crippen LogP contribution is 2.05. The van der Waals surface area contributed by atoms with Gasteiger partial charge >= 0.3 is 5.97 Å². The Morgan fingerprint density at radius 2 is 2.21 bits per heavy atom. The van der Waals surface area contributed by atoms with Crippen molar-refractivity contribution in [1.82, 2.24) is 15.1 Å². The molecule has 1 amide bonds. The molecule has 7 heteroatoms. The maximum absolute atomic E-state index is 11.8. The molecule has 106 valence electrons. The van der Waals surface area contributed by atoms with Crippen LogP contribution in [0.25, 0.3) is 0 Å². The van der Waals surface area contributed by atoms with Crippen LogP contribution in [-0.2, 0) is 16.5 Å². The van der Waals surface area contributed by atoms with Gasteiger partial charge < -0.3 is 14.8 Å². The van der Waals surface area contributed by atoms with E-state index in [1.54, 1.807) is 21.1 Å². The van der Waals surface area contributed by atoms with Crippen LogP contribution in [0.15, 0.2) is 6.07 Å². The van der Waals surface area contributed by atoms with Gasteiger partial charge in [-0.15, -0.1) is 0 Å². The van der Waals surface area contributed by atoms with Crippen molar-refractivity contribution in [1.29, 1.82) is 0 Å². The number of esters is 1. The Balaban J connectivity index is 2.61. The maximum Gasteiger partial charge on any atom is 0.356 e. The summed E-state index contributed by atoms with van der Waals surface area (Å²) in [7, 11) is 3.19. The first-order valence-corrected chi connectivity index (χ1v) is 6.08. The van der Waals surface area contributed by atoms with Crippen LogP contribution < -0.4 is 5.32 Å². The normalized spacial score (nSPS) is 10.3. The third-order valence-electron chi connectivity index (χ3n) is 2.41. The quantitative estimate of drug-likeness (QED) is 0.571. The predicted octanol–water partition coefficient (Wildman–Crippen LogP) is 0.363. The molecular formula is C12H19N3O4. The van der Waals surface area contributed by atoms with Crippen LogP contribution in [0.1, 0.15) is 34.3 Å². The zero-order chi connectivity index (χ0) is 14.3. The highest BCUT2D eigenvalue weighted by molar-refractivity contribution is 5.95. The topological polar surface area (TPSA) is 82.5 Å². The Morgan fingerprint density at radius 3 is 2.84 bits per heavy atom. The third kappa shape index (κ3) is 4.36. The number of methoxy groups -OCH3 is 1. The van der Waals surface area contributed by atoms with Crippen LogP contribution in [0.2, 0.25) is 0 Å². The highest BCUT2D eigenvalue weighted by Gasteiger charge is 2.17. The lowest BCUT2D eigenvalue weighted by Gasteiger charge is -2.01. The first kappa shape index (κ1) is 15.2. The minimum atomic E-state index is -0.490. The lowest BCUT2D eigenvalue weighted by Crippen LogP contribution is -2.25. The molecule has 0 atom stereocenters. The zero-order valence-corrected chi connectivity index (χ0v) is 11.4. The number of carbonyl (C=O) groups excluding carboxylic acids is 2. The van der Waals surface area contributed by atoms with E-state index in [0.29, 0.717) is 13.2 Å². The number of ether oxygens (including phenoxy) is 2. The van der Waals surface area contributed by atoms with Crippen molar-refractivity contribution in [2.75, 3.05) is 26.9 Å². The number of nitrogens with one attached hydrogen (secondary N) is 1. The molecule has 0 saturated carbocycles. The number of rotatable bonds is 7. The smallest absolute Gasteiger partial charge is 0.356 e. The van der Waals surface area contributed by atoms with E-state index in [1.807, 2.05) is 0 Å². The van der Waals surface area contributed by atoms with E-state index in [2.05, 4.69) is 10.4 Å². The molecule has 1 rings (SSSR count). The van der Waals surface area contributed by atoms with Crippen molar-refractivity contribution in [3.05, 3.63) is 17.5 Å². The largest absolute Gasteiger partial charge is 0.461 e. The van der Waals surface area contributed by atoms with Gasteiger partial charge in [-0.1, -0.05) is 0 Å². The second-order valence-corrected chi connectivity index (χ2v) is 3.86. The summed E-state index contributed by atoms with van der Waals surface area (Å²) < 4.78 is 11.1. The molecular weight excluding hydrogens is 250 g/mol. The van der Waals surface area contributed by atoms with E-state index in [-0.39, 0.29) is 23.9 Å². The summed E-state index contributed by atoms with van der Waals surface area (Å²) in [6.07, 6.45) is 0.722. The summed E-state index contributed by atoms with van der Waals surface area (Å²) in [6, 6.07) is 1.42. The Morgan fingerprint density at radius 1 is 1.47 bits per heavy atom. The van der Waals surface area contributed by atoms with Crippen LogP contribution in [0.4, 0.5) is 0 Å². The minimum Gasteiger partial charge on any atom is -0.461 e. The molecule has 1 aromatic rings. The fraction of sp³-hybridized carbons (Fsp3) is 0.583. The number of aromatic nitrogens is 2. The number of hydrogen-bond donors (Lipinski definition) is 1. The van der Waals surface area contributed by atoms with Gasteiger partial charge in [-0.2, -0.15) is 5.10 Å². The van der Waals surface area contributed by atoms with Gasteiger partial charge in [-0.3, -0.25) is 9.48 Å². The van der Waals surface area contributed by atoms with Gasteiger partial charge in [0.2, 0.25) is 0 Å². The maximum atomic E-state index is 11.8. The molecule has 0 saturated heterocycles. The molecule has 0 aliphatic rings. The van der Waals surface area contributed by atoms with Crippen LogP contribution in [0.3, 0.4) is 0 Å². The SMILES string of the molecule is CCOC(=O)c1cc(C(=O)NCCCOC)nn1C. The van der Waals surface area contributed by atoms with Crippen molar-refractivity contribution in [3.63, 3.8) is 0 Å². The summed E-state index contributed by atoms with van der Waals surface area (Å²) in [6.45, 7) is 3.08. The molecule has 0 unspecified atom stereocenters. The number of aryl methyl sites for hydroxylation is 1. The van der Waals surface area contributed by atoms with Crippen molar-refractivity contribution in [3.8, 4) is 0 Å². The van der Waals surface area contributed by atoms with Crippen LogP contribution in [-0.4, -0.2) is 48.5 Å². The van der Waals surface area contributed by atoms with E-state index in [1.165, 1.54) is 10.7 Å². The molecule has 1 aromatic heterocycles. The summed E-state index contributed by atoms with van der Waals surface area (Å²) in [5, 5.41) is 6.68. The number of carbonyl (C=O) groups is 2. The molecule has 19 heavy (non-hydrogen) atoms. The van der Waals surface area contributed by atoms with Crippen molar-refractivity contribution in [2.45, 2.75) is 13.3 Å². The van der Waals surface area contributed by atoms with Crippen molar-refractivity contribution in [2.24, 2.45) is 7.05 Å². The van der Waals surface area contributed by atoms with Crippen molar-refractivity contribution < 1.29 is 19.1 Å². The summed E-state index contributed by atoms with van der Waals surface area (Å²) in [5.41, 5.74) is 0.451. The average Bonchev–Trinajstić information content (AvgIpc) is 2.77. The van der Waals surface area contributed by atoms with Crippen LogP contribution in [0.5, 0.6) is 0 Å². The Labute approximate surface area is 111 Å². The fourth-order valence-corrected chi connectivity index (χ4v) is 1.48. The third-order valence-corrected chi connectivity index (χ3v) is 2.41. The van der Waals surface area contributed by atoms with Crippen molar-refractivity contribution >= 4 is 11.9 Å². The average molecular weight is 269 g/mol. The molecule has 0 spiro atoms. The fourth-order valence-electron chi connectivity index (χ4n) is 1.48. The first-order valence-electron chi connectivity index (χ1n) is 6.08. The number of hydrogen-bond acceptors (Lipinski definition) is 5. The van der Waals surface area contributed by atoms with Gasteiger partial charge in [0.05, 0.1) is 6.61 Å². The molecule has 1 N–H and O–H groups in total. The van der Waals surface area contributed by atoms with Gasteiger partial charge in [0.25, 0.3) is 5.91 Å². The minimum absolute atomic E-state index is 0.197. The van der Waals surface area contributed by atoms with E-state index in [9.17, 15) is 9.59 Å². The van der Waals surface area contributed by atoms with Gasteiger partial charge in [-0.05, 0) is 13.3 Å². The van der Waals surface area contributed by atoms with Gasteiger partial charge in [0.1, 0.15) is 5.69 Å². The molecule has 0 bridgehead atoms. The van der Waals surface area contributed by atoms with E-state index in [0.717, 1.165) is 6.42 Å². The Hall–Kier alpha value is -1.89. The lowest BCUT2D eigenvalue weighted by atomic mass is 10.3. The van der Waals surface area contributed by atoms with E-state index in [4.69, 9.17) is 9.47 Å². The zero-order valence-electron chi connectivity index (χ0n) is 11.4. The standard InChI is InChI=1S/C12H19N3O4/c1-4-19-12(17)10-8-9(14-15(10)2)11(16)13-6-5-7-18-3/h8H,4-7H2,1-3H3,(H,13,16). The lowest BCUT2D eigenvalue weighted by molar-refractivity contribution is 0.0513. The molecule has 0 aliphatic carbocycles. The van der Waals surface area contributed by atoms with E-state index < -0.39 is 5.97 Å². The number of nitrogens with zero attached hydrogens (tertiary/aromatic N) is 2. The van der Waals surface area contributed by atoms with E-state index >= 15 is 0 Å². The second kappa shape index (κ2) is 7.52. The Bertz CT molecular complexity index is 442. The first-order chi connectivity index (χ1) is 9.10. The predicted molar refractivity (Wildman–Crippen MR) is 68.0 cm³/mol. The Kier molecular flexibility index (Phi) is 6.01. The highest BCUT2D eigenvalue weighted by atomic mass is 16.5. The van der Waals surface area contributed by atoms with Gasteiger partial charge in [-0.25, -0.2) is 4.79 Å².